The molecule has 1 heterocycles. The number of rotatable bonds is 8. The van der Waals surface area contributed by atoms with Crippen LogP contribution in [0, 0.1) is 5.92 Å². The molecule has 1 saturated carbocycles. The Morgan fingerprint density at radius 2 is 1.73 bits per heavy atom. The molecule has 1 amide bonds. The van der Waals surface area contributed by atoms with E-state index in [1.807, 2.05) is 6.07 Å². The van der Waals surface area contributed by atoms with E-state index in [1.54, 1.807) is 68.1 Å². The molecule has 7 nitrogen and oxygen atoms in total. The van der Waals surface area contributed by atoms with Crippen LogP contribution < -0.4 is 0 Å². The summed E-state index contributed by atoms with van der Waals surface area (Å²) in [6.07, 6.45) is -1.02. The number of carboxylic acids is 1. The zero-order chi connectivity index (χ0) is 27.1. The van der Waals surface area contributed by atoms with Gasteiger partial charge in [0.1, 0.15) is 12.2 Å². The molecule has 3 unspecified atom stereocenters. The average molecular weight is 569 g/mol. The van der Waals surface area contributed by atoms with Crippen LogP contribution in [0.25, 0.3) is 0 Å². The predicted molar refractivity (Wildman–Crippen MR) is 142 cm³/mol. The maximum Gasteiger partial charge on any atom is 0.306 e. The topological polar surface area (TPSA) is 101 Å². The number of hydrogen-bond donors (Lipinski definition) is 1. The maximum atomic E-state index is 14.0. The van der Waals surface area contributed by atoms with Crippen molar-refractivity contribution in [2.75, 3.05) is 5.75 Å². The number of carbonyl (C=O) groups excluding carboxylic acids is 1. The summed E-state index contributed by atoms with van der Waals surface area (Å²) in [5.41, 5.74) is 1.36. The zero-order valence-electron chi connectivity index (χ0n) is 20.9. The van der Waals surface area contributed by atoms with Crippen LogP contribution in [-0.2, 0) is 24.2 Å². The molecule has 2 fully saturated rings. The van der Waals surface area contributed by atoms with Crippen LogP contribution >= 0.6 is 23.2 Å². The third kappa shape index (κ3) is 6.14. The predicted octanol–water partition coefficient (Wildman–Crippen LogP) is 5.47. The first-order valence-electron chi connectivity index (χ1n) is 12.2. The molecule has 37 heavy (non-hydrogen) atoms. The lowest BCUT2D eigenvalue weighted by Crippen LogP contribution is -2.58. The van der Waals surface area contributed by atoms with E-state index in [2.05, 4.69) is 0 Å². The molecule has 0 bridgehead atoms. The van der Waals surface area contributed by atoms with Crippen LogP contribution in [0.15, 0.2) is 48.5 Å². The van der Waals surface area contributed by atoms with Gasteiger partial charge in [-0.1, -0.05) is 47.5 Å². The molecule has 0 aromatic heterocycles. The molecule has 1 aliphatic heterocycles. The average Bonchev–Trinajstić information content (AvgIpc) is 3.64. The van der Waals surface area contributed by atoms with Gasteiger partial charge in [-0.3, -0.25) is 9.59 Å². The molecule has 0 spiro atoms. The van der Waals surface area contributed by atoms with E-state index in [0.29, 0.717) is 21.2 Å². The van der Waals surface area contributed by atoms with Crippen molar-refractivity contribution in [2.24, 2.45) is 5.92 Å². The van der Waals surface area contributed by atoms with Gasteiger partial charge in [-0.2, -0.15) is 0 Å². The Morgan fingerprint density at radius 1 is 1.08 bits per heavy atom. The summed E-state index contributed by atoms with van der Waals surface area (Å²) in [5.74, 6) is -1.95. The SMILES string of the molecule is CC(C)(C)S(=O)(=O)CC(C1CC1)N1C(=O)[C@H](CC(=O)O)OC(c2cccc(Cl)c2)C1c1ccc(Cl)cc1. The smallest absolute Gasteiger partial charge is 0.306 e. The van der Waals surface area contributed by atoms with Crippen molar-refractivity contribution < 1.29 is 27.9 Å². The maximum absolute atomic E-state index is 14.0. The minimum atomic E-state index is -3.61. The van der Waals surface area contributed by atoms with Crippen molar-refractivity contribution in [3.8, 4) is 0 Å². The van der Waals surface area contributed by atoms with Gasteiger partial charge in [-0.25, -0.2) is 8.42 Å². The summed E-state index contributed by atoms with van der Waals surface area (Å²) in [6.45, 7) is 4.93. The van der Waals surface area contributed by atoms with Crippen molar-refractivity contribution in [3.05, 3.63) is 69.7 Å². The summed E-state index contributed by atoms with van der Waals surface area (Å²) >= 11 is 12.5. The number of halogens is 2. The van der Waals surface area contributed by atoms with Crippen molar-refractivity contribution in [1.82, 2.24) is 4.90 Å². The molecule has 2 aromatic carbocycles. The Morgan fingerprint density at radius 3 is 2.27 bits per heavy atom. The third-order valence-corrected chi connectivity index (χ3v) is 10.2. The van der Waals surface area contributed by atoms with Gasteiger partial charge >= 0.3 is 5.97 Å². The summed E-state index contributed by atoms with van der Waals surface area (Å²) < 4.78 is 32.0. The number of nitrogens with zero attached hydrogens (tertiary/aromatic N) is 1. The molecular formula is C27H31Cl2NO6S. The second-order valence-electron chi connectivity index (χ2n) is 10.7. The van der Waals surface area contributed by atoms with Crippen LogP contribution in [0.5, 0.6) is 0 Å². The van der Waals surface area contributed by atoms with E-state index in [9.17, 15) is 23.1 Å². The monoisotopic (exact) mass is 567 g/mol. The Balaban J connectivity index is 1.89. The van der Waals surface area contributed by atoms with Gasteiger partial charge in [0.25, 0.3) is 5.91 Å². The molecule has 10 heteroatoms. The second-order valence-corrected chi connectivity index (χ2v) is 14.4. The Kier molecular flexibility index (Phi) is 7.96. The molecule has 200 valence electrons. The van der Waals surface area contributed by atoms with Gasteiger partial charge in [-0.05, 0) is 74.9 Å². The van der Waals surface area contributed by atoms with E-state index in [-0.39, 0.29) is 11.7 Å². The molecule has 1 N–H and O–H groups in total. The van der Waals surface area contributed by atoms with E-state index in [4.69, 9.17) is 27.9 Å². The van der Waals surface area contributed by atoms with Gasteiger partial charge in [0.2, 0.25) is 0 Å². The Hall–Kier alpha value is -2.13. The first-order chi connectivity index (χ1) is 17.3. The minimum Gasteiger partial charge on any atom is -0.481 e. The van der Waals surface area contributed by atoms with Crippen LogP contribution in [-0.4, -0.2) is 52.9 Å². The number of sulfone groups is 1. The molecule has 2 aromatic rings. The zero-order valence-corrected chi connectivity index (χ0v) is 23.3. The van der Waals surface area contributed by atoms with Crippen molar-refractivity contribution in [2.45, 2.75) is 69.1 Å². The summed E-state index contributed by atoms with van der Waals surface area (Å²) in [4.78, 5) is 27.2. The molecule has 4 atom stereocenters. The highest BCUT2D eigenvalue weighted by Gasteiger charge is 2.52. The lowest BCUT2D eigenvalue weighted by Gasteiger charge is -2.48. The van der Waals surface area contributed by atoms with E-state index >= 15 is 0 Å². The number of ether oxygens (including phenoxy) is 1. The van der Waals surface area contributed by atoms with E-state index < -0.39 is 57.2 Å². The van der Waals surface area contributed by atoms with Gasteiger partial charge in [-0.15, -0.1) is 0 Å². The fourth-order valence-electron chi connectivity index (χ4n) is 4.76. The van der Waals surface area contributed by atoms with Crippen LogP contribution in [0.2, 0.25) is 10.0 Å². The molecule has 0 radical (unpaired) electrons. The first-order valence-corrected chi connectivity index (χ1v) is 14.6. The highest BCUT2D eigenvalue weighted by Crippen LogP contribution is 2.48. The number of amides is 1. The fraction of sp³-hybridized carbons (Fsp3) is 0.481. The van der Waals surface area contributed by atoms with Crippen molar-refractivity contribution in [3.63, 3.8) is 0 Å². The second kappa shape index (κ2) is 10.6. The molecule has 1 aliphatic carbocycles. The number of carboxylic acid groups (broad SMARTS) is 1. The fourth-order valence-corrected chi connectivity index (χ4v) is 6.47. The van der Waals surface area contributed by atoms with Gasteiger partial charge in [0.15, 0.2) is 9.84 Å². The lowest BCUT2D eigenvalue weighted by molar-refractivity contribution is -0.183. The highest BCUT2D eigenvalue weighted by atomic mass is 35.5. The number of morpholine rings is 1. The molecule has 1 saturated heterocycles. The Bertz CT molecular complexity index is 1270. The summed E-state index contributed by atoms with van der Waals surface area (Å²) in [6, 6.07) is 12.6. The summed E-state index contributed by atoms with van der Waals surface area (Å²) in [5, 5.41) is 10.5. The number of carbonyl (C=O) groups is 2. The van der Waals surface area contributed by atoms with E-state index in [0.717, 1.165) is 12.8 Å². The van der Waals surface area contributed by atoms with Gasteiger partial charge in [0.05, 0.1) is 23.0 Å². The third-order valence-electron chi connectivity index (χ3n) is 7.02. The van der Waals surface area contributed by atoms with E-state index in [1.165, 1.54) is 0 Å². The minimum absolute atomic E-state index is 0.0144. The standard InChI is InChI=1S/C27H31Cl2NO6S/c1-27(2,3)37(34,35)15-21(16-7-8-16)30-24(17-9-11-19(28)12-10-17)25(18-5-4-6-20(29)13-18)36-22(26(30)33)14-23(31)32/h4-6,9-13,16,21-22,24-25H,7-8,14-15H2,1-3H3,(H,31,32)/t21?,22-,24?,25?/m0/s1. The first kappa shape index (κ1) is 27.9. The van der Waals surface area contributed by atoms with Gasteiger partial charge in [0, 0.05) is 16.1 Å². The molecule has 2 aliphatic rings. The number of aliphatic carboxylic acids is 1. The largest absolute Gasteiger partial charge is 0.481 e. The van der Waals surface area contributed by atoms with Crippen molar-refractivity contribution in [1.29, 1.82) is 0 Å². The number of benzene rings is 2. The van der Waals surface area contributed by atoms with Crippen LogP contribution in [0.1, 0.15) is 63.3 Å². The van der Waals surface area contributed by atoms with Crippen LogP contribution in [0.4, 0.5) is 0 Å². The molecule has 4 rings (SSSR count). The Labute approximate surface area is 227 Å². The number of hydrogen-bond acceptors (Lipinski definition) is 5. The lowest BCUT2D eigenvalue weighted by atomic mass is 9.89. The summed E-state index contributed by atoms with van der Waals surface area (Å²) in [7, 11) is -3.61. The normalized spacial score (nSPS) is 23.6. The highest BCUT2D eigenvalue weighted by molar-refractivity contribution is 7.92. The van der Waals surface area contributed by atoms with Gasteiger partial charge < -0.3 is 14.7 Å². The van der Waals surface area contributed by atoms with Crippen molar-refractivity contribution >= 4 is 44.9 Å². The molecular weight excluding hydrogens is 537 g/mol. The van der Waals surface area contributed by atoms with Crippen LogP contribution in [0.3, 0.4) is 0 Å². The quantitative estimate of drug-likeness (QED) is 0.453.